The Bertz CT molecular complexity index is 50.5. The summed E-state index contributed by atoms with van der Waals surface area (Å²) in [7, 11) is 0. The Kier molecular flexibility index (Phi) is 3.97. The second-order valence-electron chi connectivity index (χ2n) is 2.32. The molecule has 0 aromatic carbocycles. The summed E-state index contributed by atoms with van der Waals surface area (Å²) in [4.78, 5) is 0. The quantitative estimate of drug-likeness (QED) is 0.550. The van der Waals surface area contributed by atoms with Crippen LogP contribution in [0.15, 0.2) is 0 Å². The number of hydrogen-bond acceptors (Lipinski definition) is 1. The van der Waals surface area contributed by atoms with Crippen molar-refractivity contribution in [3.8, 4) is 0 Å². The highest BCUT2D eigenvalue weighted by atomic mass is 16.3. The summed E-state index contributed by atoms with van der Waals surface area (Å²) in [6.45, 7) is 6.59. The summed E-state index contributed by atoms with van der Waals surface area (Å²) in [5.41, 5.74) is 0. The van der Waals surface area contributed by atoms with Crippen molar-refractivity contribution < 1.29 is 5.11 Å². The van der Waals surface area contributed by atoms with E-state index in [9.17, 15) is 0 Å². The molecule has 8 heavy (non-hydrogen) atoms. The van der Waals surface area contributed by atoms with Gasteiger partial charge in [0.25, 0.3) is 0 Å². The number of hydrogen-bond donors (Lipinski definition) is 1. The van der Waals surface area contributed by atoms with Crippen molar-refractivity contribution in [3.63, 3.8) is 0 Å². The predicted molar refractivity (Wildman–Crippen MR) is 38.4 cm³/mol. The third kappa shape index (κ3) is 2.36. The molecular weight excluding hydrogens is 98.9 g/mol. The van der Waals surface area contributed by atoms with Gasteiger partial charge in [-0.05, 0) is 6.92 Å². The van der Waals surface area contributed by atoms with Crippen LogP contribution in [-0.2, 0) is 0 Å². The van der Waals surface area contributed by atoms with E-state index in [1.807, 2.05) is 6.92 Å². The van der Waals surface area contributed by atoms with Crippen LogP contribution >= 0.6 is 0 Å². The Labute approximate surface area is 52.2 Å². The molecule has 1 unspecified atom stereocenters. The van der Waals surface area contributed by atoms with E-state index in [1.54, 1.807) is 0 Å². The Hall–Kier alpha value is 0.0249. The third-order valence-corrected chi connectivity index (χ3v) is 1.73. The van der Waals surface area contributed by atoms with Crippen molar-refractivity contribution in [2.45, 2.75) is 39.4 Å². The SMILES string of the molecule is CCB(CC)C(C)O. The van der Waals surface area contributed by atoms with Crippen molar-refractivity contribution >= 4 is 6.71 Å². The minimum atomic E-state index is -0.120. The fraction of sp³-hybridized carbons (Fsp3) is 1.00. The van der Waals surface area contributed by atoms with Gasteiger partial charge < -0.3 is 5.11 Å². The molecule has 0 aliphatic rings. The van der Waals surface area contributed by atoms with Gasteiger partial charge in [0, 0.05) is 6.00 Å². The zero-order chi connectivity index (χ0) is 6.57. The van der Waals surface area contributed by atoms with Crippen LogP contribution in [0, 0.1) is 0 Å². The van der Waals surface area contributed by atoms with E-state index in [-0.39, 0.29) is 6.00 Å². The third-order valence-electron chi connectivity index (χ3n) is 1.73. The molecule has 0 heterocycles. The number of aliphatic hydroxyl groups excluding tert-OH is 1. The van der Waals surface area contributed by atoms with Crippen LogP contribution in [-0.4, -0.2) is 17.8 Å². The molecule has 1 nitrogen and oxygen atoms in total. The van der Waals surface area contributed by atoms with E-state index in [1.165, 1.54) is 0 Å². The van der Waals surface area contributed by atoms with Gasteiger partial charge in [-0.15, -0.1) is 0 Å². The van der Waals surface area contributed by atoms with Crippen molar-refractivity contribution in [2.24, 2.45) is 0 Å². The lowest BCUT2D eigenvalue weighted by atomic mass is 9.42. The van der Waals surface area contributed by atoms with Gasteiger partial charge >= 0.3 is 0 Å². The fourth-order valence-corrected chi connectivity index (χ4v) is 0.971. The van der Waals surface area contributed by atoms with Crippen molar-refractivity contribution in [2.75, 3.05) is 0 Å². The maximum absolute atomic E-state index is 9.01. The molecule has 0 rings (SSSR count). The second kappa shape index (κ2) is 3.96. The highest BCUT2D eigenvalue weighted by Gasteiger charge is 2.13. The molecule has 0 aromatic heterocycles. The summed E-state index contributed by atoms with van der Waals surface area (Å²) in [6, 6.07) is -0.120. The van der Waals surface area contributed by atoms with Gasteiger partial charge in [0.1, 0.15) is 0 Å². The van der Waals surface area contributed by atoms with Gasteiger partial charge in [-0.1, -0.05) is 26.5 Å². The van der Waals surface area contributed by atoms with Gasteiger partial charge in [0.15, 0.2) is 6.71 Å². The van der Waals surface area contributed by atoms with Crippen LogP contribution < -0.4 is 0 Å². The minimum absolute atomic E-state index is 0.120. The summed E-state index contributed by atoms with van der Waals surface area (Å²) in [5.74, 6) is 0. The van der Waals surface area contributed by atoms with Gasteiger partial charge in [0.05, 0.1) is 0 Å². The first kappa shape index (κ1) is 8.02. The topological polar surface area (TPSA) is 20.2 Å². The van der Waals surface area contributed by atoms with Crippen LogP contribution in [0.3, 0.4) is 0 Å². The van der Waals surface area contributed by atoms with Gasteiger partial charge in [-0.2, -0.15) is 0 Å². The predicted octanol–water partition coefficient (Wildman–Crippen LogP) is 1.44. The highest BCUT2D eigenvalue weighted by molar-refractivity contribution is 6.59. The van der Waals surface area contributed by atoms with E-state index in [4.69, 9.17) is 5.11 Å². The minimum Gasteiger partial charge on any atom is -0.402 e. The molecule has 0 saturated heterocycles. The highest BCUT2D eigenvalue weighted by Crippen LogP contribution is 2.01. The van der Waals surface area contributed by atoms with Crippen molar-refractivity contribution in [1.82, 2.24) is 0 Å². The first-order valence-corrected chi connectivity index (χ1v) is 3.40. The smallest absolute Gasteiger partial charge is 0.174 e. The standard InChI is InChI=1S/C6H15BO/c1-4-7(5-2)6(3)8/h6,8H,4-5H2,1-3H3. The average Bonchev–Trinajstić information content (AvgIpc) is 1.69. The molecule has 0 saturated carbocycles. The normalized spacial score (nSPS) is 13.5. The van der Waals surface area contributed by atoms with Crippen molar-refractivity contribution in [3.05, 3.63) is 0 Å². The summed E-state index contributed by atoms with van der Waals surface area (Å²) < 4.78 is 0. The van der Waals surface area contributed by atoms with Crippen LogP contribution in [0.4, 0.5) is 0 Å². The lowest BCUT2D eigenvalue weighted by Gasteiger charge is -2.09. The average molecular weight is 114 g/mol. The summed E-state index contributed by atoms with van der Waals surface area (Å²) >= 11 is 0. The Balaban J connectivity index is 3.35. The fourth-order valence-electron chi connectivity index (χ4n) is 0.971. The molecule has 0 amide bonds. The molecule has 0 spiro atoms. The van der Waals surface area contributed by atoms with Crippen LogP contribution in [0.5, 0.6) is 0 Å². The van der Waals surface area contributed by atoms with Crippen LogP contribution in [0.1, 0.15) is 20.8 Å². The van der Waals surface area contributed by atoms with E-state index < -0.39 is 0 Å². The van der Waals surface area contributed by atoms with E-state index in [2.05, 4.69) is 13.8 Å². The second-order valence-corrected chi connectivity index (χ2v) is 2.32. The van der Waals surface area contributed by atoms with Gasteiger partial charge in [-0.3, -0.25) is 0 Å². The maximum atomic E-state index is 9.01. The first-order valence-electron chi connectivity index (χ1n) is 3.40. The monoisotopic (exact) mass is 114 g/mol. The first-order chi connectivity index (χ1) is 3.72. The van der Waals surface area contributed by atoms with E-state index >= 15 is 0 Å². The number of aliphatic hydroxyl groups is 1. The molecule has 0 fully saturated rings. The largest absolute Gasteiger partial charge is 0.402 e. The Morgan fingerprint density at radius 1 is 1.38 bits per heavy atom. The molecular formula is C6H15BO. The molecule has 0 aromatic rings. The zero-order valence-corrected chi connectivity index (χ0v) is 6.02. The van der Waals surface area contributed by atoms with E-state index in [0.29, 0.717) is 6.71 Å². The van der Waals surface area contributed by atoms with Crippen LogP contribution in [0.2, 0.25) is 12.6 Å². The molecule has 0 radical (unpaired) electrons. The van der Waals surface area contributed by atoms with Crippen LogP contribution in [0.25, 0.3) is 0 Å². The molecule has 1 atom stereocenters. The summed E-state index contributed by atoms with van der Waals surface area (Å²) in [6.07, 6.45) is 2.18. The van der Waals surface area contributed by atoms with Gasteiger partial charge in [0.2, 0.25) is 0 Å². The lowest BCUT2D eigenvalue weighted by molar-refractivity contribution is 0.267. The Morgan fingerprint density at radius 3 is 1.75 bits per heavy atom. The molecule has 2 heteroatoms. The number of rotatable bonds is 3. The molecule has 1 N–H and O–H groups in total. The summed E-state index contributed by atoms with van der Waals surface area (Å²) in [5, 5.41) is 9.01. The lowest BCUT2D eigenvalue weighted by Crippen LogP contribution is -2.25. The molecule has 48 valence electrons. The zero-order valence-electron chi connectivity index (χ0n) is 6.02. The van der Waals surface area contributed by atoms with Crippen molar-refractivity contribution in [1.29, 1.82) is 0 Å². The van der Waals surface area contributed by atoms with E-state index in [0.717, 1.165) is 12.6 Å². The molecule has 0 aliphatic heterocycles. The Morgan fingerprint density at radius 2 is 1.75 bits per heavy atom. The molecule has 0 aliphatic carbocycles. The molecule has 0 bridgehead atoms. The maximum Gasteiger partial charge on any atom is 0.174 e. The van der Waals surface area contributed by atoms with Gasteiger partial charge in [-0.25, -0.2) is 0 Å².